The van der Waals surface area contributed by atoms with E-state index < -0.39 is 0 Å². The highest BCUT2D eigenvalue weighted by atomic mass is 32.1. The second kappa shape index (κ2) is 6.07. The van der Waals surface area contributed by atoms with E-state index in [1.54, 1.807) is 13.8 Å². The number of nitrogens with one attached hydrogen (secondary N) is 2. The topological polar surface area (TPSA) is 105 Å². The van der Waals surface area contributed by atoms with Gasteiger partial charge in [0.05, 0.1) is 23.4 Å². The van der Waals surface area contributed by atoms with Crippen LogP contribution in [0, 0.1) is 13.8 Å². The smallest absolute Gasteiger partial charge is 0.277 e. The Kier molecular flexibility index (Phi) is 3.87. The number of thiazole rings is 1. The summed E-state index contributed by atoms with van der Waals surface area (Å²) >= 11 is 1.53. The number of aromatic nitrogens is 5. The lowest BCUT2D eigenvalue weighted by molar-refractivity contribution is -0.115. The van der Waals surface area contributed by atoms with E-state index in [9.17, 15) is 9.59 Å². The summed E-state index contributed by atoms with van der Waals surface area (Å²) in [4.78, 5) is 39.2. The summed E-state index contributed by atoms with van der Waals surface area (Å²) in [6.07, 6.45) is 4.29. The fraction of sp³-hybridized carbons (Fsp3) is 0.438. The maximum absolute atomic E-state index is 12.6. The maximum Gasteiger partial charge on any atom is 0.277 e. The lowest BCUT2D eigenvalue weighted by Gasteiger charge is -2.06. The van der Waals surface area contributed by atoms with Crippen molar-refractivity contribution in [2.45, 2.75) is 46.0 Å². The Morgan fingerprint density at radius 2 is 2.04 bits per heavy atom. The number of rotatable bonds is 3. The number of anilines is 1. The third-order valence-corrected chi connectivity index (χ3v) is 5.41. The molecule has 0 saturated heterocycles. The summed E-state index contributed by atoms with van der Waals surface area (Å²) in [7, 11) is 0. The molecule has 3 aromatic rings. The lowest BCUT2D eigenvalue weighted by atomic mass is 10.0. The average Bonchev–Trinajstić information content (AvgIpc) is 3.13. The summed E-state index contributed by atoms with van der Waals surface area (Å²) in [6, 6.07) is 0. The van der Waals surface area contributed by atoms with Crippen LogP contribution in [0.5, 0.6) is 0 Å². The average molecular weight is 358 g/mol. The first-order valence-corrected chi connectivity index (χ1v) is 9.06. The van der Waals surface area contributed by atoms with Gasteiger partial charge in [-0.15, -0.1) is 11.3 Å². The Hall–Kier alpha value is -2.55. The molecule has 9 heteroatoms. The van der Waals surface area contributed by atoms with Crippen molar-refractivity contribution in [3.05, 3.63) is 38.0 Å². The molecule has 0 aliphatic heterocycles. The summed E-state index contributed by atoms with van der Waals surface area (Å²) in [5.41, 5.74) is 1.68. The van der Waals surface area contributed by atoms with Crippen molar-refractivity contribution >= 4 is 28.2 Å². The van der Waals surface area contributed by atoms with Gasteiger partial charge in [0.2, 0.25) is 5.91 Å². The molecule has 0 radical (unpaired) electrons. The molecule has 1 amide bonds. The van der Waals surface area contributed by atoms with Crippen LogP contribution in [-0.2, 0) is 24.1 Å². The van der Waals surface area contributed by atoms with E-state index in [2.05, 4.69) is 25.4 Å². The van der Waals surface area contributed by atoms with Crippen molar-refractivity contribution in [3.8, 4) is 0 Å². The van der Waals surface area contributed by atoms with Gasteiger partial charge >= 0.3 is 0 Å². The number of fused-ring (bicyclic) bond motifs is 2. The summed E-state index contributed by atoms with van der Waals surface area (Å²) < 4.78 is 1.27. The van der Waals surface area contributed by atoms with Gasteiger partial charge in [-0.1, -0.05) is 0 Å². The summed E-state index contributed by atoms with van der Waals surface area (Å²) in [5.74, 6) is 0.653. The summed E-state index contributed by atoms with van der Waals surface area (Å²) in [5, 5.41) is 6.27. The van der Waals surface area contributed by atoms with Gasteiger partial charge in [0.15, 0.2) is 5.13 Å². The SMILES string of the molecule is Cc1nc2nc(C)c(CC(=O)Nc3nc4c(s3)CCCC4)c(=O)n2[nH]1. The standard InChI is InChI=1S/C16H18N6O2S/c1-8-10(14(24)22-15(17-8)18-9(2)21-22)7-13(23)20-16-19-11-5-3-4-6-12(11)25-16/h3-7H2,1-2H3,(H,17,18,21)(H,19,20,23). The largest absolute Gasteiger partial charge is 0.302 e. The quantitative estimate of drug-likeness (QED) is 0.739. The van der Waals surface area contributed by atoms with Crippen LogP contribution in [0.3, 0.4) is 0 Å². The van der Waals surface area contributed by atoms with Crippen LogP contribution >= 0.6 is 11.3 Å². The minimum atomic E-state index is -0.295. The molecular formula is C16H18N6O2S. The molecule has 0 saturated carbocycles. The fourth-order valence-corrected chi connectivity index (χ4v) is 4.16. The number of carbonyl (C=O) groups is 1. The molecule has 4 rings (SSSR count). The van der Waals surface area contributed by atoms with E-state index in [1.807, 2.05) is 0 Å². The Morgan fingerprint density at radius 3 is 2.84 bits per heavy atom. The molecule has 2 N–H and O–H groups in total. The molecule has 0 fully saturated rings. The molecule has 3 aromatic heterocycles. The van der Waals surface area contributed by atoms with E-state index in [1.165, 1.54) is 27.2 Å². The molecular weight excluding hydrogens is 340 g/mol. The number of nitrogens with zero attached hydrogens (tertiary/aromatic N) is 4. The zero-order valence-electron chi connectivity index (χ0n) is 14.0. The monoisotopic (exact) mass is 358 g/mol. The van der Waals surface area contributed by atoms with Crippen molar-refractivity contribution in [2.75, 3.05) is 5.32 Å². The number of aromatic amines is 1. The van der Waals surface area contributed by atoms with Crippen LogP contribution in [0.2, 0.25) is 0 Å². The number of aryl methyl sites for hydroxylation is 4. The first-order valence-electron chi connectivity index (χ1n) is 8.24. The second-order valence-corrected chi connectivity index (χ2v) is 7.33. The number of hydrogen-bond acceptors (Lipinski definition) is 6. The Morgan fingerprint density at radius 1 is 1.24 bits per heavy atom. The van der Waals surface area contributed by atoms with E-state index >= 15 is 0 Å². The normalized spacial score (nSPS) is 13.8. The van der Waals surface area contributed by atoms with Crippen molar-refractivity contribution in [1.82, 2.24) is 24.6 Å². The van der Waals surface area contributed by atoms with Gasteiger partial charge in [-0.25, -0.2) is 9.97 Å². The van der Waals surface area contributed by atoms with E-state index in [0.29, 0.717) is 28.0 Å². The first kappa shape index (κ1) is 15.9. The molecule has 8 nitrogen and oxygen atoms in total. The van der Waals surface area contributed by atoms with Crippen molar-refractivity contribution in [1.29, 1.82) is 0 Å². The molecule has 0 spiro atoms. The first-order chi connectivity index (χ1) is 12.0. The Labute approximate surface area is 147 Å². The summed E-state index contributed by atoms with van der Waals surface area (Å²) in [6.45, 7) is 3.47. The van der Waals surface area contributed by atoms with E-state index in [0.717, 1.165) is 25.0 Å². The van der Waals surface area contributed by atoms with Crippen LogP contribution in [0.15, 0.2) is 4.79 Å². The lowest BCUT2D eigenvalue weighted by Crippen LogP contribution is -2.26. The Bertz CT molecular complexity index is 1010. The molecule has 130 valence electrons. The Balaban J connectivity index is 1.57. The van der Waals surface area contributed by atoms with Crippen LogP contribution < -0.4 is 10.9 Å². The van der Waals surface area contributed by atoms with Gasteiger partial charge in [0, 0.05) is 4.88 Å². The predicted octanol–water partition coefficient (Wildman–Crippen LogP) is 1.55. The predicted molar refractivity (Wildman–Crippen MR) is 94.2 cm³/mol. The number of amides is 1. The van der Waals surface area contributed by atoms with Crippen LogP contribution in [0.25, 0.3) is 5.78 Å². The minimum absolute atomic E-state index is 0.0388. The van der Waals surface area contributed by atoms with E-state index in [4.69, 9.17) is 0 Å². The van der Waals surface area contributed by atoms with Gasteiger partial charge in [-0.05, 0) is 39.5 Å². The number of hydrogen-bond donors (Lipinski definition) is 2. The van der Waals surface area contributed by atoms with Crippen LogP contribution in [-0.4, -0.2) is 30.5 Å². The highest BCUT2D eigenvalue weighted by molar-refractivity contribution is 7.15. The van der Waals surface area contributed by atoms with Gasteiger partial charge in [0.25, 0.3) is 11.3 Å². The molecule has 0 aromatic carbocycles. The number of H-pyrrole nitrogens is 1. The zero-order chi connectivity index (χ0) is 17.6. The van der Waals surface area contributed by atoms with Gasteiger partial charge < -0.3 is 5.32 Å². The number of carbonyl (C=O) groups excluding carboxylic acids is 1. The molecule has 0 bridgehead atoms. The fourth-order valence-electron chi connectivity index (χ4n) is 3.09. The van der Waals surface area contributed by atoms with Gasteiger partial charge in [0.1, 0.15) is 5.82 Å². The molecule has 3 heterocycles. The third-order valence-electron chi connectivity index (χ3n) is 4.34. The molecule has 1 aliphatic carbocycles. The van der Waals surface area contributed by atoms with Crippen LogP contribution in [0.1, 0.15) is 40.5 Å². The molecule has 0 unspecified atom stereocenters. The van der Waals surface area contributed by atoms with Crippen molar-refractivity contribution < 1.29 is 4.79 Å². The second-order valence-electron chi connectivity index (χ2n) is 6.25. The minimum Gasteiger partial charge on any atom is -0.302 e. The van der Waals surface area contributed by atoms with Gasteiger partial charge in [-0.3, -0.25) is 14.7 Å². The maximum atomic E-state index is 12.6. The van der Waals surface area contributed by atoms with Gasteiger partial charge in [-0.2, -0.15) is 9.50 Å². The highest BCUT2D eigenvalue weighted by Gasteiger charge is 2.19. The van der Waals surface area contributed by atoms with E-state index in [-0.39, 0.29) is 17.9 Å². The molecule has 0 atom stereocenters. The molecule has 1 aliphatic rings. The zero-order valence-corrected chi connectivity index (χ0v) is 14.9. The molecule has 25 heavy (non-hydrogen) atoms. The van der Waals surface area contributed by atoms with Crippen LogP contribution in [0.4, 0.5) is 5.13 Å². The van der Waals surface area contributed by atoms with Crippen molar-refractivity contribution in [2.24, 2.45) is 0 Å². The van der Waals surface area contributed by atoms with Crippen molar-refractivity contribution in [3.63, 3.8) is 0 Å². The third kappa shape index (κ3) is 2.95. The highest BCUT2D eigenvalue weighted by Crippen LogP contribution is 2.29.